The van der Waals surface area contributed by atoms with Crippen molar-refractivity contribution >= 4 is 28.2 Å². The van der Waals surface area contributed by atoms with Crippen LogP contribution in [0.25, 0.3) is 0 Å². The highest BCUT2D eigenvalue weighted by molar-refractivity contribution is 7.18. The minimum absolute atomic E-state index is 0.0555. The number of nitrogen functional groups attached to an aromatic ring is 1. The van der Waals surface area contributed by atoms with E-state index in [1.54, 1.807) is 14.0 Å². The maximum atomic E-state index is 12.5. The van der Waals surface area contributed by atoms with Gasteiger partial charge in [0, 0.05) is 25.2 Å². The third-order valence-corrected chi connectivity index (χ3v) is 6.13. The standard InChI is InChI=1S/C23H33N3O3S/c1-7-29-23(28)18-17(20(22(27)25-6)30-21(18)24)12-26-19(14(4)5)16-10-8-15(9-11-16)13(2)3/h8-11,13-14,19,26H,7,12,24H2,1-6H3,(H,25,27)/t19-/m1/s1. The van der Waals surface area contributed by atoms with Crippen molar-refractivity contribution in [3.05, 3.63) is 51.4 Å². The lowest BCUT2D eigenvalue weighted by atomic mass is 9.93. The summed E-state index contributed by atoms with van der Waals surface area (Å²) >= 11 is 1.11. The van der Waals surface area contributed by atoms with Crippen molar-refractivity contribution in [1.82, 2.24) is 10.6 Å². The summed E-state index contributed by atoms with van der Waals surface area (Å²) in [4.78, 5) is 25.3. The van der Waals surface area contributed by atoms with Crippen molar-refractivity contribution in [3.63, 3.8) is 0 Å². The van der Waals surface area contributed by atoms with Gasteiger partial charge in [0.05, 0.1) is 17.0 Å². The number of hydrogen-bond donors (Lipinski definition) is 3. The maximum Gasteiger partial charge on any atom is 0.341 e. The Balaban J connectivity index is 2.36. The first-order chi connectivity index (χ1) is 14.2. The SMILES string of the molecule is CCOC(=O)c1c(N)sc(C(=O)NC)c1CN[C@@H](c1ccc(C(C)C)cc1)C(C)C. The molecule has 30 heavy (non-hydrogen) atoms. The molecule has 1 aromatic heterocycles. The second kappa shape index (κ2) is 10.6. The van der Waals surface area contributed by atoms with Crippen molar-refractivity contribution < 1.29 is 14.3 Å². The lowest BCUT2D eigenvalue weighted by Gasteiger charge is -2.24. The van der Waals surface area contributed by atoms with Gasteiger partial charge in [-0.1, -0.05) is 52.0 Å². The fraction of sp³-hybridized carbons (Fsp3) is 0.478. The zero-order valence-electron chi connectivity index (χ0n) is 18.7. The first kappa shape index (κ1) is 23.9. The highest BCUT2D eigenvalue weighted by atomic mass is 32.1. The molecule has 2 rings (SSSR count). The summed E-state index contributed by atoms with van der Waals surface area (Å²) in [5.74, 6) is 0.0166. The summed E-state index contributed by atoms with van der Waals surface area (Å²) in [5.41, 5.74) is 9.42. The van der Waals surface area contributed by atoms with E-state index in [2.05, 4.69) is 62.6 Å². The predicted molar refractivity (Wildman–Crippen MR) is 123 cm³/mol. The van der Waals surface area contributed by atoms with E-state index in [9.17, 15) is 9.59 Å². The molecule has 0 bridgehead atoms. The maximum absolute atomic E-state index is 12.5. The van der Waals surface area contributed by atoms with Crippen LogP contribution in [0.1, 0.15) is 83.3 Å². The number of nitrogens with one attached hydrogen (secondary N) is 2. The van der Waals surface area contributed by atoms with Crippen LogP contribution in [0.2, 0.25) is 0 Å². The number of anilines is 1. The molecule has 1 amide bonds. The fourth-order valence-electron chi connectivity index (χ4n) is 3.42. The van der Waals surface area contributed by atoms with Crippen molar-refractivity contribution in [2.24, 2.45) is 5.92 Å². The Labute approximate surface area is 183 Å². The molecule has 0 saturated heterocycles. The minimum Gasteiger partial charge on any atom is -0.462 e. The molecule has 2 aromatic rings. The van der Waals surface area contributed by atoms with Gasteiger partial charge in [-0.25, -0.2) is 4.79 Å². The third-order valence-electron chi connectivity index (χ3n) is 5.07. The topological polar surface area (TPSA) is 93.5 Å². The summed E-state index contributed by atoms with van der Waals surface area (Å²) in [7, 11) is 1.56. The van der Waals surface area contributed by atoms with Crippen molar-refractivity contribution in [2.45, 2.75) is 53.1 Å². The molecule has 0 aliphatic carbocycles. The first-order valence-electron chi connectivity index (χ1n) is 10.3. The van der Waals surface area contributed by atoms with E-state index in [0.717, 1.165) is 16.9 Å². The number of esters is 1. The summed E-state index contributed by atoms with van der Waals surface area (Å²) < 4.78 is 5.18. The number of rotatable bonds is 9. The van der Waals surface area contributed by atoms with Gasteiger partial charge < -0.3 is 21.1 Å². The Morgan fingerprint density at radius 1 is 1.10 bits per heavy atom. The molecule has 6 nitrogen and oxygen atoms in total. The largest absolute Gasteiger partial charge is 0.462 e. The summed E-state index contributed by atoms with van der Waals surface area (Å²) in [6.45, 7) is 10.9. The van der Waals surface area contributed by atoms with Crippen molar-refractivity contribution in [2.75, 3.05) is 19.4 Å². The monoisotopic (exact) mass is 431 g/mol. The molecule has 1 atom stereocenters. The molecule has 7 heteroatoms. The minimum atomic E-state index is -0.499. The average molecular weight is 432 g/mol. The number of hydrogen-bond acceptors (Lipinski definition) is 6. The lowest BCUT2D eigenvalue weighted by Crippen LogP contribution is -2.28. The van der Waals surface area contributed by atoms with Crippen LogP contribution in [0.4, 0.5) is 5.00 Å². The highest BCUT2D eigenvalue weighted by Gasteiger charge is 2.27. The zero-order chi connectivity index (χ0) is 22.4. The van der Waals surface area contributed by atoms with E-state index in [0.29, 0.717) is 33.8 Å². The van der Waals surface area contributed by atoms with Crippen LogP contribution in [-0.4, -0.2) is 25.5 Å². The molecule has 0 fully saturated rings. The number of carbonyl (C=O) groups is 2. The molecule has 0 unspecified atom stereocenters. The fourth-order valence-corrected chi connectivity index (χ4v) is 4.44. The Kier molecular flexibility index (Phi) is 8.43. The van der Waals surface area contributed by atoms with Crippen LogP contribution in [0.5, 0.6) is 0 Å². The van der Waals surface area contributed by atoms with Gasteiger partial charge in [0.2, 0.25) is 0 Å². The second-order valence-electron chi connectivity index (χ2n) is 7.87. The summed E-state index contributed by atoms with van der Waals surface area (Å²) in [5, 5.41) is 6.46. The third kappa shape index (κ3) is 5.40. The van der Waals surface area contributed by atoms with Crippen LogP contribution < -0.4 is 16.4 Å². The molecular weight excluding hydrogens is 398 g/mol. The molecule has 0 radical (unpaired) electrons. The zero-order valence-corrected chi connectivity index (χ0v) is 19.5. The Morgan fingerprint density at radius 3 is 2.20 bits per heavy atom. The number of benzene rings is 1. The van der Waals surface area contributed by atoms with Crippen LogP contribution >= 0.6 is 11.3 Å². The normalized spacial score (nSPS) is 12.3. The van der Waals surface area contributed by atoms with E-state index in [1.165, 1.54) is 5.56 Å². The summed E-state index contributed by atoms with van der Waals surface area (Å²) in [6.07, 6.45) is 0. The lowest BCUT2D eigenvalue weighted by molar-refractivity contribution is 0.0526. The first-order valence-corrected chi connectivity index (χ1v) is 11.2. The molecule has 0 aliphatic rings. The molecule has 0 spiro atoms. The number of amides is 1. The predicted octanol–water partition coefficient (Wildman–Crippen LogP) is 4.48. The molecule has 4 N–H and O–H groups in total. The number of thiophene rings is 1. The average Bonchev–Trinajstić information content (AvgIpc) is 3.04. The Hall–Kier alpha value is -2.38. The highest BCUT2D eigenvalue weighted by Crippen LogP contribution is 2.33. The number of nitrogens with two attached hydrogens (primary N) is 1. The van der Waals surface area contributed by atoms with Crippen molar-refractivity contribution in [1.29, 1.82) is 0 Å². The van der Waals surface area contributed by atoms with Crippen LogP contribution in [-0.2, 0) is 11.3 Å². The van der Waals surface area contributed by atoms with Gasteiger partial charge in [-0.15, -0.1) is 11.3 Å². The van der Waals surface area contributed by atoms with Gasteiger partial charge in [0.25, 0.3) is 5.91 Å². The van der Waals surface area contributed by atoms with E-state index < -0.39 is 5.97 Å². The Morgan fingerprint density at radius 2 is 1.70 bits per heavy atom. The molecule has 0 aliphatic heterocycles. The summed E-state index contributed by atoms with van der Waals surface area (Å²) in [6, 6.07) is 8.64. The molecule has 1 heterocycles. The molecule has 0 saturated carbocycles. The van der Waals surface area contributed by atoms with E-state index in [-0.39, 0.29) is 24.1 Å². The molecule has 1 aromatic carbocycles. The van der Waals surface area contributed by atoms with E-state index >= 15 is 0 Å². The van der Waals surface area contributed by atoms with Gasteiger partial charge in [0.15, 0.2) is 0 Å². The van der Waals surface area contributed by atoms with Gasteiger partial charge in [-0.2, -0.15) is 0 Å². The van der Waals surface area contributed by atoms with Crippen LogP contribution in [0.15, 0.2) is 24.3 Å². The van der Waals surface area contributed by atoms with E-state index in [1.807, 2.05) is 0 Å². The second-order valence-corrected chi connectivity index (χ2v) is 8.92. The Bertz CT molecular complexity index is 873. The van der Waals surface area contributed by atoms with Gasteiger partial charge in [-0.05, 0) is 29.9 Å². The molecule has 164 valence electrons. The van der Waals surface area contributed by atoms with Crippen molar-refractivity contribution in [3.8, 4) is 0 Å². The number of carbonyl (C=O) groups excluding carboxylic acids is 2. The quantitative estimate of drug-likeness (QED) is 0.509. The smallest absolute Gasteiger partial charge is 0.341 e. The molecular formula is C23H33N3O3S. The van der Waals surface area contributed by atoms with Gasteiger partial charge in [0.1, 0.15) is 5.00 Å². The van der Waals surface area contributed by atoms with Gasteiger partial charge in [-0.3, -0.25) is 4.79 Å². The van der Waals surface area contributed by atoms with E-state index in [4.69, 9.17) is 10.5 Å². The van der Waals surface area contributed by atoms with Crippen LogP contribution in [0.3, 0.4) is 0 Å². The van der Waals surface area contributed by atoms with Gasteiger partial charge >= 0.3 is 5.97 Å². The number of ether oxygens (including phenoxy) is 1. The van der Waals surface area contributed by atoms with Crippen LogP contribution in [0, 0.1) is 5.92 Å².